The van der Waals surface area contributed by atoms with Crippen LogP contribution in [0.1, 0.15) is 63.9 Å². The quantitative estimate of drug-likeness (QED) is 0.858. The fourth-order valence-electron chi connectivity index (χ4n) is 4.13. The van der Waals surface area contributed by atoms with Gasteiger partial charge in [0.25, 0.3) is 11.8 Å². The third-order valence-corrected chi connectivity index (χ3v) is 5.66. The Kier molecular flexibility index (Phi) is 4.68. The molecule has 0 radical (unpaired) electrons. The molecule has 0 atom stereocenters. The van der Waals surface area contributed by atoms with Crippen molar-refractivity contribution >= 4 is 17.5 Å². The van der Waals surface area contributed by atoms with Crippen molar-refractivity contribution in [3.05, 3.63) is 64.5 Å². The molecule has 1 fully saturated rings. The smallest absolute Gasteiger partial charge is 0.256 e. The highest BCUT2D eigenvalue weighted by Gasteiger charge is 2.36. The summed E-state index contributed by atoms with van der Waals surface area (Å²) in [4.78, 5) is 27.8. The van der Waals surface area contributed by atoms with Crippen molar-refractivity contribution in [2.75, 3.05) is 5.32 Å². The molecule has 2 aromatic rings. The maximum atomic E-state index is 13.8. The summed E-state index contributed by atoms with van der Waals surface area (Å²) < 4.78 is 13.8. The third kappa shape index (κ3) is 3.34. The number of fused-ring (bicyclic) bond motifs is 1. The van der Waals surface area contributed by atoms with Gasteiger partial charge in [-0.1, -0.05) is 37.5 Å². The molecule has 4 rings (SSSR count). The zero-order valence-corrected chi connectivity index (χ0v) is 15.4. The van der Waals surface area contributed by atoms with Gasteiger partial charge in [-0.25, -0.2) is 4.39 Å². The summed E-state index contributed by atoms with van der Waals surface area (Å²) in [6.45, 7) is 2.24. The lowest BCUT2D eigenvalue weighted by atomic mass is 9.94. The van der Waals surface area contributed by atoms with Gasteiger partial charge in [-0.2, -0.15) is 0 Å². The minimum atomic E-state index is -0.381. The molecule has 1 saturated carbocycles. The lowest BCUT2D eigenvalue weighted by Gasteiger charge is -2.30. The average Bonchev–Trinajstić information content (AvgIpc) is 3.02. The number of carbonyl (C=O) groups excluding carboxylic acids is 2. The Morgan fingerprint density at radius 2 is 1.93 bits per heavy atom. The Bertz CT molecular complexity index is 903. The van der Waals surface area contributed by atoms with Gasteiger partial charge in [0.2, 0.25) is 0 Å². The first-order valence-corrected chi connectivity index (χ1v) is 9.55. The van der Waals surface area contributed by atoms with Crippen LogP contribution in [0.3, 0.4) is 0 Å². The van der Waals surface area contributed by atoms with E-state index < -0.39 is 0 Å². The molecule has 5 heteroatoms. The fraction of sp³-hybridized carbons (Fsp3) is 0.364. The lowest BCUT2D eigenvalue weighted by Crippen LogP contribution is -2.37. The van der Waals surface area contributed by atoms with Crippen LogP contribution in [-0.4, -0.2) is 22.8 Å². The van der Waals surface area contributed by atoms with E-state index in [1.54, 1.807) is 31.2 Å². The molecule has 140 valence electrons. The molecular weight excluding hydrogens is 343 g/mol. The molecule has 27 heavy (non-hydrogen) atoms. The predicted octanol–water partition coefficient (Wildman–Crippen LogP) is 4.67. The minimum Gasteiger partial charge on any atom is -0.331 e. The number of aryl methyl sites for hydroxylation is 1. The van der Waals surface area contributed by atoms with E-state index in [4.69, 9.17) is 0 Å². The summed E-state index contributed by atoms with van der Waals surface area (Å²) in [5, 5.41) is 2.72. The van der Waals surface area contributed by atoms with Crippen LogP contribution in [0.2, 0.25) is 0 Å². The van der Waals surface area contributed by atoms with Gasteiger partial charge in [0.15, 0.2) is 0 Å². The van der Waals surface area contributed by atoms with Gasteiger partial charge in [-0.15, -0.1) is 0 Å². The zero-order valence-electron chi connectivity index (χ0n) is 15.4. The zero-order chi connectivity index (χ0) is 19.0. The number of rotatable bonds is 3. The van der Waals surface area contributed by atoms with E-state index in [0.717, 1.165) is 31.2 Å². The van der Waals surface area contributed by atoms with Crippen LogP contribution in [0.4, 0.5) is 10.1 Å². The number of amides is 2. The Morgan fingerprint density at radius 1 is 1.15 bits per heavy atom. The van der Waals surface area contributed by atoms with Gasteiger partial charge in [-0.05, 0) is 49.1 Å². The molecule has 2 amide bonds. The van der Waals surface area contributed by atoms with Crippen LogP contribution in [-0.2, 0) is 6.54 Å². The second-order valence-corrected chi connectivity index (χ2v) is 7.48. The number of benzene rings is 2. The average molecular weight is 366 g/mol. The van der Waals surface area contributed by atoms with Gasteiger partial charge >= 0.3 is 0 Å². The predicted molar refractivity (Wildman–Crippen MR) is 102 cm³/mol. The Labute approximate surface area is 158 Å². The summed E-state index contributed by atoms with van der Waals surface area (Å²) in [6.07, 6.45) is 5.59. The number of hydrogen-bond donors (Lipinski definition) is 1. The van der Waals surface area contributed by atoms with E-state index in [1.807, 2.05) is 11.0 Å². The fourth-order valence-corrected chi connectivity index (χ4v) is 4.13. The molecule has 1 heterocycles. The van der Waals surface area contributed by atoms with Gasteiger partial charge in [0, 0.05) is 18.3 Å². The Morgan fingerprint density at radius 3 is 2.67 bits per heavy atom. The first-order valence-electron chi connectivity index (χ1n) is 9.55. The van der Waals surface area contributed by atoms with E-state index >= 15 is 0 Å². The monoisotopic (exact) mass is 366 g/mol. The van der Waals surface area contributed by atoms with Crippen LogP contribution in [0, 0.1) is 12.7 Å². The summed E-state index contributed by atoms with van der Waals surface area (Å²) in [6, 6.07) is 10.2. The number of nitrogens with one attached hydrogen (secondary N) is 1. The molecule has 0 spiro atoms. The van der Waals surface area contributed by atoms with Crippen molar-refractivity contribution in [2.45, 2.75) is 51.6 Å². The first kappa shape index (κ1) is 17.7. The molecule has 0 unspecified atom stereocenters. The number of nitrogens with zero attached hydrogens (tertiary/aromatic N) is 1. The van der Waals surface area contributed by atoms with Crippen molar-refractivity contribution in [3.8, 4) is 0 Å². The van der Waals surface area contributed by atoms with E-state index in [2.05, 4.69) is 5.32 Å². The number of anilines is 1. The van der Waals surface area contributed by atoms with Crippen molar-refractivity contribution < 1.29 is 14.0 Å². The number of carbonyl (C=O) groups is 2. The molecule has 2 aliphatic rings. The van der Waals surface area contributed by atoms with Crippen molar-refractivity contribution in [3.63, 3.8) is 0 Å². The largest absolute Gasteiger partial charge is 0.331 e. The second kappa shape index (κ2) is 7.14. The van der Waals surface area contributed by atoms with E-state index in [9.17, 15) is 14.0 Å². The number of halogens is 1. The SMILES string of the molecule is Cc1ccc(NC(=O)c2cccc3c2C(=O)N(C2CCCCC2)C3)cc1F. The highest BCUT2D eigenvalue weighted by atomic mass is 19.1. The molecule has 4 nitrogen and oxygen atoms in total. The summed E-state index contributed by atoms with van der Waals surface area (Å²) in [5.74, 6) is -0.808. The molecule has 2 aromatic carbocycles. The maximum absolute atomic E-state index is 13.8. The standard InChI is InChI=1S/C22H23FN2O2/c1-14-10-11-16(12-19(14)23)24-21(26)18-9-5-6-15-13-25(22(27)20(15)18)17-7-3-2-4-8-17/h5-6,9-12,17H,2-4,7-8,13H2,1H3,(H,24,26). The van der Waals surface area contributed by atoms with Gasteiger partial charge in [0.1, 0.15) is 5.82 Å². The van der Waals surface area contributed by atoms with Gasteiger partial charge in [0.05, 0.1) is 11.1 Å². The van der Waals surface area contributed by atoms with E-state index in [0.29, 0.717) is 28.9 Å². The van der Waals surface area contributed by atoms with Crippen molar-refractivity contribution in [2.24, 2.45) is 0 Å². The van der Waals surface area contributed by atoms with Crippen LogP contribution >= 0.6 is 0 Å². The Hall–Kier alpha value is -2.69. The number of hydrogen-bond acceptors (Lipinski definition) is 2. The summed E-state index contributed by atoms with van der Waals surface area (Å²) in [7, 11) is 0. The van der Waals surface area contributed by atoms with Crippen LogP contribution in [0.5, 0.6) is 0 Å². The van der Waals surface area contributed by atoms with Gasteiger partial charge < -0.3 is 10.2 Å². The van der Waals surface area contributed by atoms with Crippen LogP contribution in [0.15, 0.2) is 36.4 Å². The highest BCUT2D eigenvalue weighted by Crippen LogP contribution is 2.32. The van der Waals surface area contributed by atoms with Crippen molar-refractivity contribution in [1.29, 1.82) is 0 Å². The second-order valence-electron chi connectivity index (χ2n) is 7.48. The first-order chi connectivity index (χ1) is 13.0. The normalized spacial score (nSPS) is 17.1. The molecule has 1 aliphatic heterocycles. The van der Waals surface area contributed by atoms with E-state index in [1.165, 1.54) is 12.5 Å². The molecule has 0 bridgehead atoms. The molecule has 0 aromatic heterocycles. The Balaban J connectivity index is 1.59. The molecule has 0 saturated heterocycles. The van der Waals surface area contributed by atoms with E-state index in [-0.39, 0.29) is 23.7 Å². The lowest BCUT2D eigenvalue weighted by molar-refractivity contribution is 0.0657. The molecule has 1 N–H and O–H groups in total. The summed E-state index contributed by atoms with van der Waals surface area (Å²) >= 11 is 0. The topological polar surface area (TPSA) is 49.4 Å². The molecular formula is C22H23FN2O2. The molecule has 1 aliphatic carbocycles. The van der Waals surface area contributed by atoms with Gasteiger partial charge in [-0.3, -0.25) is 9.59 Å². The summed E-state index contributed by atoms with van der Waals surface area (Å²) in [5.41, 5.74) is 2.65. The van der Waals surface area contributed by atoms with Crippen molar-refractivity contribution in [1.82, 2.24) is 4.90 Å². The maximum Gasteiger partial charge on any atom is 0.256 e. The minimum absolute atomic E-state index is 0.0577. The van der Waals surface area contributed by atoms with Crippen LogP contribution in [0.25, 0.3) is 0 Å². The third-order valence-electron chi connectivity index (χ3n) is 5.66. The highest BCUT2D eigenvalue weighted by molar-refractivity contribution is 6.13. The van der Waals surface area contributed by atoms with Crippen LogP contribution < -0.4 is 5.32 Å².